The van der Waals surface area contributed by atoms with E-state index in [0.29, 0.717) is 12.4 Å². The lowest BCUT2D eigenvalue weighted by Gasteiger charge is -2.09. The number of pyridine rings is 1. The van der Waals surface area contributed by atoms with E-state index in [4.69, 9.17) is 4.74 Å². The summed E-state index contributed by atoms with van der Waals surface area (Å²) in [5.74, 6) is 1.43. The first-order valence-electron chi connectivity index (χ1n) is 6.69. The summed E-state index contributed by atoms with van der Waals surface area (Å²) in [7, 11) is 3.48. The second kappa shape index (κ2) is 5.85. The lowest BCUT2D eigenvalue weighted by molar-refractivity contribution is 0.178. The van der Waals surface area contributed by atoms with Crippen molar-refractivity contribution in [1.82, 2.24) is 15.0 Å². The molecule has 2 heterocycles. The molecular formula is C16H16N4O. The number of aromatic nitrogens is 3. The normalized spacial score (nSPS) is 10.8. The molecule has 2 aromatic heterocycles. The molecule has 0 saturated heterocycles. The van der Waals surface area contributed by atoms with Crippen molar-refractivity contribution in [3.05, 3.63) is 48.5 Å². The van der Waals surface area contributed by atoms with Crippen molar-refractivity contribution in [2.24, 2.45) is 0 Å². The van der Waals surface area contributed by atoms with Crippen molar-refractivity contribution in [2.45, 2.75) is 6.61 Å². The first-order chi connectivity index (χ1) is 10.3. The average Bonchev–Trinajstić information content (AvgIpc) is 2.54. The molecule has 1 aromatic carbocycles. The number of benzene rings is 1. The molecular weight excluding hydrogens is 264 g/mol. The second-order valence-corrected chi connectivity index (χ2v) is 4.64. The lowest BCUT2D eigenvalue weighted by Crippen LogP contribution is -2.03. The van der Waals surface area contributed by atoms with Crippen molar-refractivity contribution in [3.63, 3.8) is 0 Å². The zero-order valence-corrected chi connectivity index (χ0v) is 12.0. The second-order valence-electron chi connectivity index (χ2n) is 4.64. The molecule has 0 aliphatic carbocycles. The van der Waals surface area contributed by atoms with Gasteiger partial charge in [-0.1, -0.05) is 18.2 Å². The minimum Gasteiger partial charge on any atom is -0.377 e. The number of hydrogen-bond donors (Lipinski definition) is 1. The molecule has 5 nitrogen and oxygen atoms in total. The Morgan fingerprint density at radius 1 is 1.19 bits per heavy atom. The summed E-state index contributed by atoms with van der Waals surface area (Å²) >= 11 is 0. The zero-order chi connectivity index (χ0) is 14.7. The van der Waals surface area contributed by atoms with Crippen molar-refractivity contribution in [2.75, 3.05) is 19.5 Å². The SMILES string of the molecule is CNc1cc(-c2cccc3cnccc23)nc(COC)n1. The van der Waals surface area contributed by atoms with Crippen molar-refractivity contribution in [3.8, 4) is 11.3 Å². The highest BCUT2D eigenvalue weighted by molar-refractivity contribution is 5.95. The lowest BCUT2D eigenvalue weighted by atomic mass is 10.0. The fraction of sp³-hybridized carbons (Fsp3) is 0.188. The fourth-order valence-electron chi connectivity index (χ4n) is 2.30. The minimum absolute atomic E-state index is 0.384. The van der Waals surface area contributed by atoms with Gasteiger partial charge in [0.2, 0.25) is 0 Å². The Hall–Kier alpha value is -2.53. The standard InChI is InChI=1S/C16H16N4O/c1-17-15-8-14(19-16(20-15)10-21-2)13-5-3-4-11-9-18-7-6-12(11)13/h3-9H,10H2,1-2H3,(H,17,19,20). The van der Waals surface area contributed by atoms with Gasteiger partial charge in [0, 0.05) is 43.6 Å². The van der Waals surface area contributed by atoms with E-state index in [1.807, 2.05) is 37.5 Å². The number of hydrogen-bond acceptors (Lipinski definition) is 5. The van der Waals surface area contributed by atoms with Crippen LogP contribution in [0.25, 0.3) is 22.0 Å². The van der Waals surface area contributed by atoms with Gasteiger partial charge >= 0.3 is 0 Å². The summed E-state index contributed by atoms with van der Waals surface area (Å²) in [6.45, 7) is 0.384. The van der Waals surface area contributed by atoms with Gasteiger partial charge in [-0.3, -0.25) is 4.98 Å². The molecule has 0 saturated carbocycles. The van der Waals surface area contributed by atoms with Gasteiger partial charge in [-0.25, -0.2) is 9.97 Å². The Balaban J connectivity index is 2.20. The Labute approximate surface area is 123 Å². The van der Waals surface area contributed by atoms with Gasteiger partial charge in [-0.2, -0.15) is 0 Å². The largest absolute Gasteiger partial charge is 0.377 e. The fourth-order valence-corrected chi connectivity index (χ4v) is 2.30. The smallest absolute Gasteiger partial charge is 0.157 e. The van der Waals surface area contributed by atoms with E-state index in [1.54, 1.807) is 13.3 Å². The van der Waals surface area contributed by atoms with Gasteiger partial charge in [0.1, 0.15) is 12.4 Å². The number of fused-ring (bicyclic) bond motifs is 1. The molecule has 3 rings (SSSR count). The van der Waals surface area contributed by atoms with Crippen LogP contribution in [0, 0.1) is 0 Å². The van der Waals surface area contributed by atoms with Crippen LogP contribution in [0.2, 0.25) is 0 Å². The summed E-state index contributed by atoms with van der Waals surface area (Å²) in [6, 6.07) is 10.1. The Morgan fingerprint density at radius 3 is 2.90 bits per heavy atom. The minimum atomic E-state index is 0.384. The molecule has 0 fully saturated rings. The number of methoxy groups -OCH3 is 1. The number of nitrogens with zero attached hydrogens (tertiary/aromatic N) is 3. The predicted molar refractivity (Wildman–Crippen MR) is 83.0 cm³/mol. The quantitative estimate of drug-likeness (QED) is 0.796. The van der Waals surface area contributed by atoms with Gasteiger partial charge in [0.05, 0.1) is 5.69 Å². The van der Waals surface area contributed by atoms with E-state index in [-0.39, 0.29) is 0 Å². The first-order valence-corrected chi connectivity index (χ1v) is 6.69. The van der Waals surface area contributed by atoms with Gasteiger partial charge in [0.15, 0.2) is 5.82 Å². The van der Waals surface area contributed by atoms with Gasteiger partial charge in [0.25, 0.3) is 0 Å². The maximum Gasteiger partial charge on any atom is 0.157 e. The number of ether oxygens (including phenoxy) is 1. The van der Waals surface area contributed by atoms with Crippen molar-refractivity contribution in [1.29, 1.82) is 0 Å². The molecule has 0 amide bonds. The van der Waals surface area contributed by atoms with Gasteiger partial charge < -0.3 is 10.1 Å². The molecule has 5 heteroatoms. The predicted octanol–water partition coefficient (Wildman–Crippen LogP) is 2.88. The highest BCUT2D eigenvalue weighted by Gasteiger charge is 2.09. The Bertz CT molecular complexity index is 768. The molecule has 21 heavy (non-hydrogen) atoms. The van der Waals surface area contributed by atoms with Gasteiger partial charge in [-0.05, 0) is 11.5 Å². The van der Waals surface area contributed by atoms with E-state index in [1.165, 1.54) is 0 Å². The number of anilines is 1. The molecule has 0 aliphatic rings. The summed E-state index contributed by atoms with van der Waals surface area (Å²) in [6.07, 6.45) is 3.65. The van der Waals surface area contributed by atoms with Crippen molar-refractivity contribution < 1.29 is 4.74 Å². The van der Waals surface area contributed by atoms with Crippen LogP contribution in [-0.2, 0) is 11.3 Å². The van der Waals surface area contributed by atoms with Crippen LogP contribution in [0.3, 0.4) is 0 Å². The van der Waals surface area contributed by atoms with E-state index in [9.17, 15) is 0 Å². The summed E-state index contributed by atoms with van der Waals surface area (Å²) in [5, 5.41) is 5.28. The average molecular weight is 280 g/mol. The molecule has 0 radical (unpaired) electrons. The third-order valence-electron chi connectivity index (χ3n) is 3.26. The number of nitrogens with one attached hydrogen (secondary N) is 1. The zero-order valence-electron chi connectivity index (χ0n) is 12.0. The van der Waals surface area contributed by atoms with Crippen LogP contribution in [0.1, 0.15) is 5.82 Å². The third kappa shape index (κ3) is 2.68. The molecule has 0 aliphatic heterocycles. The van der Waals surface area contributed by atoms with Crippen LogP contribution in [0.15, 0.2) is 42.7 Å². The van der Waals surface area contributed by atoms with Crippen LogP contribution in [-0.4, -0.2) is 29.1 Å². The first kappa shape index (κ1) is 13.5. The van der Waals surface area contributed by atoms with Crippen LogP contribution in [0.5, 0.6) is 0 Å². The Morgan fingerprint density at radius 2 is 2.10 bits per heavy atom. The Kier molecular flexibility index (Phi) is 3.75. The monoisotopic (exact) mass is 280 g/mol. The highest BCUT2D eigenvalue weighted by atomic mass is 16.5. The van der Waals surface area contributed by atoms with E-state index >= 15 is 0 Å². The topological polar surface area (TPSA) is 59.9 Å². The van der Waals surface area contributed by atoms with Gasteiger partial charge in [-0.15, -0.1) is 0 Å². The maximum atomic E-state index is 5.14. The molecule has 0 bridgehead atoms. The van der Waals surface area contributed by atoms with E-state index in [0.717, 1.165) is 27.8 Å². The van der Waals surface area contributed by atoms with Crippen LogP contribution < -0.4 is 5.32 Å². The molecule has 0 atom stereocenters. The summed E-state index contributed by atoms with van der Waals surface area (Å²) in [5.41, 5.74) is 1.93. The third-order valence-corrected chi connectivity index (χ3v) is 3.26. The van der Waals surface area contributed by atoms with Crippen LogP contribution in [0.4, 0.5) is 5.82 Å². The molecule has 3 aromatic rings. The summed E-state index contributed by atoms with van der Waals surface area (Å²) < 4.78 is 5.14. The van der Waals surface area contributed by atoms with E-state index in [2.05, 4.69) is 26.3 Å². The number of rotatable bonds is 4. The van der Waals surface area contributed by atoms with Crippen molar-refractivity contribution >= 4 is 16.6 Å². The molecule has 0 spiro atoms. The summed E-state index contributed by atoms with van der Waals surface area (Å²) in [4.78, 5) is 13.1. The molecule has 1 N–H and O–H groups in total. The highest BCUT2D eigenvalue weighted by Crippen LogP contribution is 2.28. The van der Waals surface area contributed by atoms with E-state index < -0.39 is 0 Å². The molecule has 0 unspecified atom stereocenters. The molecule has 106 valence electrons. The maximum absolute atomic E-state index is 5.14. The van der Waals surface area contributed by atoms with Crippen LogP contribution >= 0.6 is 0 Å².